The van der Waals surface area contributed by atoms with Crippen molar-refractivity contribution >= 4 is 81.2 Å². The molecule has 64 valence electrons. The van der Waals surface area contributed by atoms with Crippen LogP contribution in [-0.4, -0.2) is 7.30 Å². The Hall–Kier alpha value is 1.96. The summed E-state index contributed by atoms with van der Waals surface area (Å²) in [6.07, 6.45) is 0. The second-order valence-corrected chi connectivity index (χ2v) is 6.43. The van der Waals surface area contributed by atoms with Crippen LogP contribution in [0.3, 0.4) is 0 Å². The van der Waals surface area contributed by atoms with Crippen LogP contribution in [0.15, 0.2) is 0 Å². The monoisotopic (exact) mass is 288 g/mol. The number of alkyl halides is 8. The van der Waals surface area contributed by atoms with Gasteiger partial charge in [-0.25, -0.2) is 0 Å². The van der Waals surface area contributed by atoms with Crippen molar-refractivity contribution in [1.29, 1.82) is 0 Å². The highest BCUT2D eigenvalue weighted by molar-refractivity contribution is 6.83. The van der Waals surface area contributed by atoms with Crippen LogP contribution in [0.4, 0.5) is 4.39 Å². The molecule has 0 spiro atoms. The zero-order valence-electron chi connectivity index (χ0n) is 4.02. The predicted molar refractivity (Wildman–Crippen MR) is 47.5 cm³/mol. The van der Waals surface area contributed by atoms with Gasteiger partial charge in [-0.3, -0.25) is 0 Å². The first-order valence-electron chi connectivity index (χ1n) is 1.51. The summed E-state index contributed by atoms with van der Waals surface area (Å²) < 4.78 is 6.79. The summed E-state index contributed by atoms with van der Waals surface area (Å²) in [5.41, 5.74) is 0. The third-order valence-corrected chi connectivity index (χ3v) is 0. The third kappa shape index (κ3) is 208. The molecule has 0 N–H and O–H groups in total. The largest absolute Gasteiger partial charge is 0.333 e. The second kappa shape index (κ2) is 5.58. The number of halogens is 8. The van der Waals surface area contributed by atoms with Crippen molar-refractivity contribution in [2.75, 3.05) is 0 Å². The molecule has 0 aromatic heterocycles. The first-order chi connectivity index (χ1) is 4.00. The van der Waals surface area contributed by atoms with Gasteiger partial charge in [-0.1, -0.05) is 46.4 Å². The normalized spacial score (nSPS) is 12.0. The molecule has 0 saturated heterocycles. The van der Waals surface area contributed by atoms with Crippen LogP contribution in [-0.2, 0) is 0 Å². The Morgan fingerprint density at radius 2 is 0.700 bits per heavy atom. The zero-order chi connectivity index (χ0) is 9.00. The van der Waals surface area contributed by atoms with E-state index >= 15 is 0 Å². The van der Waals surface area contributed by atoms with E-state index in [1.165, 1.54) is 0 Å². The van der Waals surface area contributed by atoms with Crippen molar-refractivity contribution in [3.63, 3.8) is 0 Å². The van der Waals surface area contributed by atoms with Crippen molar-refractivity contribution in [3.05, 3.63) is 0 Å². The van der Waals surface area contributed by atoms with Gasteiger partial charge in [-0.2, -0.15) is 4.39 Å². The Bertz CT molecular complexity index is 54.6. The Morgan fingerprint density at radius 1 is 0.700 bits per heavy atom. The van der Waals surface area contributed by atoms with Crippen molar-refractivity contribution in [2.45, 2.75) is 7.30 Å². The lowest BCUT2D eigenvalue weighted by molar-refractivity contribution is 0.507. The van der Waals surface area contributed by atoms with E-state index in [1.54, 1.807) is 0 Å². The molecule has 0 aliphatic rings. The minimum absolute atomic E-state index is 1.61. The van der Waals surface area contributed by atoms with E-state index in [2.05, 4.69) is 34.8 Å². The number of hydrogen-bond acceptors (Lipinski definition) is 0. The molecule has 0 unspecified atom stereocenters. The Labute approximate surface area is 92.4 Å². The maximum atomic E-state index is 11.0. The van der Waals surface area contributed by atoms with Gasteiger partial charge in [-0.05, 0) is 34.8 Å². The molecule has 0 rings (SSSR count). The number of rotatable bonds is 0. The van der Waals surface area contributed by atoms with Crippen LogP contribution in [0.5, 0.6) is 0 Å². The summed E-state index contributed by atoms with van der Waals surface area (Å²) >= 11 is 32.5. The van der Waals surface area contributed by atoms with Gasteiger partial charge >= 0.3 is 4.05 Å². The molecular weight excluding hydrogens is 291 g/mol. The van der Waals surface area contributed by atoms with Crippen LogP contribution in [0, 0.1) is 0 Å². The van der Waals surface area contributed by atoms with Gasteiger partial charge in [-0.15, -0.1) is 0 Å². The molecule has 0 aliphatic heterocycles. The average molecular weight is 291 g/mol. The van der Waals surface area contributed by atoms with E-state index < -0.39 is 7.30 Å². The molecule has 0 radical (unpaired) electrons. The molecule has 0 heterocycles. The standard InChI is InChI=1S/CCl4.CCl3F/c2*2-1(3,4)5. The third-order valence-electron chi connectivity index (χ3n) is 0. The highest BCUT2D eigenvalue weighted by atomic mass is 35.6. The van der Waals surface area contributed by atoms with E-state index in [1.807, 2.05) is 0 Å². The fraction of sp³-hybridized carbons (Fsp3) is 1.00. The van der Waals surface area contributed by atoms with Crippen LogP contribution < -0.4 is 0 Å². The molecule has 0 amide bonds. The maximum absolute atomic E-state index is 11.0. The van der Waals surface area contributed by atoms with Crippen LogP contribution >= 0.6 is 81.2 Å². The average Bonchev–Trinajstić information content (AvgIpc) is 1.12. The smallest absolute Gasteiger partial charge is 0.189 e. The first kappa shape index (κ1) is 14.5. The highest BCUT2D eigenvalue weighted by Gasteiger charge is 2.14. The van der Waals surface area contributed by atoms with E-state index in [-0.39, 0.29) is 0 Å². The van der Waals surface area contributed by atoms with Gasteiger partial charge in [0.25, 0.3) is 3.25 Å². The highest BCUT2D eigenvalue weighted by Crippen LogP contribution is 2.29. The summed E-state index contributed by atoms with van der Waals surface area (Å²) in [7, 11) is 0. The van der Waals surface area contributed by atoms with E-state index in [0.717, 1.165) is 0 Å². The molecule has 0 saturated carbocycles. The van der Waals surface area contributed by atoms with Crippen molar-refractivity contribution in [2.24, 2.45) is 0 Å². The predicted octanol–water partition coefficient (Wildman–Crippen LogP) is 4.84. The van der Waals surface area contributed by atoms with Crippen LogP contribution in [0.2, 0.25) is 0 Å². The fourth-order valence-corrected chi connectivity index (χ4v) is 0. The quantitative estimate of drug-likeness (QED) is 0.560. The van der Waals surface area contributed by atoms with Gasteiger partial charge in [0.1, 0.15) is 0 Å². The van der Waals surface area contributed by atoms with Crippen LogP contribution in [0.25, 0.3) is 0 Å². The van der Waals surface area contributed by atoms with E-state index in [9.17, 15) is 4.39 Å². The van der Waals surface area contributed by atoms with E-state index in [4.69, 9.17) is 46.4 Å². The first-order valence-corrected chi connectivity index (χ1v) is 4.16. The summed E-state index contributed by atoms with van der Waals surface area (Å²) in [5.74, 6) is 0. The summed E-state index contributed by atoms with van der Waals surface area (Å²) in [6.45, 7) is 0. The Morgan fingerprint density at radius 3 is 0.700 bits per heavy atom. The molecular formula is C2Cl7F. The lowest BCUT2D eigenvalue weighted by Crippen LogP contribution is -1.83. The van der Waals surface area contributed by atoms with Gasteiger partial charge in [0.15, 0.2) is 0 Å². The topological polar surface area (TPSA) is 0 Å². The SMILES string of the molecule is ClC(Cl)(Cl)Cl.FC(Cl)(Cl)Cl. The molecule has 0 bridgehead atoms. The Balaban J connectivity index is 0. The lowest BCUT2D eigenvalue weighted by Gasteiger charge is -1.91. The molecule has 0 aliphatic carbocycles. The summed E-state index contributed by atoms with van der Waals surface area (Å²) in [4.78, 5) is 0. The molecule has 10 heavy (non-hydrogen) atoms. The number of hydrogen-bond donors (Lipinski definition) is 0. The summed E-state index contributed by atoms with van der Waals surface area (Å²) in [6, 6.07) is 0. The molecule has 0 atom stereocenters. The van der Waals surface area contributed by atoms with Gasteiger partial charge in [0.2, 0.25) is 0 Å². The molecule has 0 aromatic carbocycles. The Kier molecular flexibility index (Phi) is 8.08. The van der Waals surface area contributed by atoms with E-state index in [0.29, 0.717) is 0 Å². The molecule has 0 nitrogen and oxygen atoms in total. The van der Waals surface area contributed by atoms with Crippen molar-refractivity contribution in [3.8, 4) is 0 Å². The van der Waals surface area contributed by atoms with Crippen molar-refractivity contribution < 1.29 is 4.39 Å². The molecule has 0 aromatic rings. The van der Waals surface area contributed by atoms with Gasteiger partial charge in [0.05, 0.1) is 0 Å². The summed E-state index contributed by atoms with van der Waals surface area (Å²) in [5, 5.41) is 0. The van der Waals surface area contributed by atoms with Gasteiger partial charge in [0, 0.05) is 0 Å². The minimum Gasteiger partial charge on any atom is -0.189 e. The van der Waals surface area contributed by atoms with Crippen molar-refractivity contribution in [1.82, 2.24) is 0 Å². The zero-order valence-corrected chi connectivity index (χ0v) is 9.32. The second-order valence-electron chi connectivity index (χ2n) is 0.857. The lowest BCUT2D eigenvalue weighted by atomic mass is 11.7. The maximum Gasteiger partial charge on any atom is 0.333 e. The molecule has 0 fully saturated rings. The molecule has 8 heteroatoms. The van der Waals surface area contributed by atoms with Crippen LogP contribution in [0.1, 0.15) is 0 Å². The minimum atomic E-state index is -2.58. The van der Waals surface area contributed by atoms with Gasteiger partial charge < -0.3 is 0 Å². The fourth-order valence-electron chi connectivity index (χ4n) is 0.